The molecule has 0 unspecified atom stereocenters. The summed E-state index contributed by atoms with van der Waals surface area (Å²) < 4.78 is 0.996. The van der Waals surface area contributed by atoms with Crippen LogP contribution in [0.3, 0.4) is 0 Å². The Labute approximate surface area is 123 Å². The van der Waals surface area contributed by atoms with Crippen LogP contribution in [0.1, 0.15) is 15.2 Å². The van der Waals surface area contributed by atoms with Crippen LogP contribution in [-0.4, -0.2) is 28.1 Å². The van der Waals surface area contributed by atoms with E-state index < -0.39 is 0 Å². The number of halogens is 1. The van der Waals surface area contributed by atoms with E-state index in [0.29, 0.717) is 12.1 Å². The number of phenols is 2. The highest BCUT2D eigenvalue weighted by molar-refractivity contribution is 9.10. The predicted molar refractivity (Wildman–Crippen MR) is 77.6 cm³/mol. The fourth-order valence-electron chi connectivity index (χ4n) is 1.62. The van der Waals surface area contributed by atoms with Gasteiger partial charge >= 0.3 is 0 Å². The van der Waals surface area contributed by atoms with Crippen molar-refractivity contribution in [2.24, 2.45) is 0 Å². The van der Waals surface area contributed by atoms with Crippen LogP contribution < -0.4 is 0 Å². The molecule has 0 spiro atoms. The average molecular weight is 342 g/mol. The van der Waals surface area contributed by atoms with Gasteiger partial charge < -0.3 is 15.1 Å². The number of phenolic OH excluding ortho intramolecular Hbond substituents is 2. The lowest BCUT2D eigenvalue weighted by Crippen LogP contribution is -2.25. The zero-order valence-corrected chi connectivity index (χ0v) is 12.5. The first-order chi connectivity index (χ1) is 8.97. The second-order valence-electron chi connectivity index (χ2n) is 4.10. The number of aromatic hydroxyl groups is 2. The van der Waals surface area contributed by atoms with E-state index in [-0.39, 0.29) is 17.4 Å². The molecule has 1 aromatic heterocycles. The molecule has 0 aliphatic heterocycles. The maximum Gasteiger partial charge on any atom is 0.254 e. The number of nitrogens with zero attached hydrogens (tertiary/aromatic N) is 1. The van der Waals surface area contributed by atoms with E-state index in [9.17, 15) is 15.0 Å². The SMILES string of the molecule is CN(Cc1cc(Br)cs1)C(=O)c1ccc(O)c(O)c1. The van der Waals surface area contributed by atoms with Crippen molar-refractivity contribution in [2.45, 2.75) is 6.54 Å². The number of amides is 1. The Morgan fingerprint density at radius 3 is 2.63 bits per heavy atom. The fraction of sp³-hybridized carbons (Fsp3) is 0.154. The highest BCUT2D eigenvalue weighted by Gasteiger charge is 2.14. The monoisotopic (exact) mass is 341 g/mol. The van der Waals surface area contributed by atoms with Gasteiger partial charge in [-0.15, -0.1) is 11.3 Å². The number of hydrogen-bond donors (Lipinski definition) is 2. The number of carbonyl (C=O) groups is 1. The minimum atomic E-state index is -0.293. The lowest BCUT2D eigenvalue weighted by atomic mass is 10.2. The number of thiophene rings is 1. The summed E-state index contributed by atoms with van der Waals surface area (Å²) in [5.74, 6) is -0.737. The summed E-state index contributed by atoms with van der Waals surface area (Å²) >= 11 is 4.93. The summed E-state index contributed by atoms with van der Waals surface area (Å²) in [7, 11) is 1.69. The molecule has 6 heteroatoms. The van der Waals surface area contributed by atoms with Gasteiger partial charge in [0.25, 0.3) is 5.91 Å². The normalized spacial score (nSPS) is 10.4. The molecule has 19 heavy (non-hydrogen) atoms. The molecule has 1 heterocycles. The van der Waals surface area contributed by atoms with Crippen LogP contribution in [0.15, 0.2) is 34.1 Å². The summed E-state index contributed by atoms with van der Waals surface area (Å²) in [5.41, 5.74) is 0.341. The van der Waals surface area contributed by atoms with Gasteiger partial charge in [0.2, 0.25) is 0 Å². The minimum absolute atomic E-state index is 0.208. The van der Waals surface area contributed by atoms with Crippen LogP contribution in [0.2, 0.25) is 0 Å². The zero-order valence-electron chi connectivity index (χ0n) is 10.1. The summed E-state index contributed by atoms with van der Waals surface area (Å²) in [5, 5.41) is 20.6. The summed E-state index contributed by atoms with van der Waals surface area (Å²) in [6.07, 6.45) is 0. The molecule has 1 amide bonds. The molecule has 0 aliphatic carbocycles. The van der Waals surface area contributed by atoms with E-state index in [4.69, 9.17) is 0 Å². The van der Waals surface area contributed by atoms with Gasteiger partial charge in [0.1, 0.15) is 0 Å². The molecule has 0 atom stereocenters. The minimum Gasteiger partial charge on any atom is -0.504 e. The highest BCUT2D eigenvalue weighted by Crippen LogP contribution is 2.26. The van der Waals surface area contributed by atoms with Crippen LogP contribution in [0.25, 0.3) is 0 Å². The van der Waals surface area contributed by atoms with E-state index in [0.717, 1.165) is 9.35 Å². The predicted octanol–water partition coefficient (Wildman–Crippen LogP) is 3.19. The second kappa shape index (κ2) is 5.63. The van der Waals surface area contributed by atoms with Gasteiger partial charge in [0, 0.05) is 27.3 Å². The molecule has 0 saturated heterocycles. The van der Waals surface area contributed by atoms with Crippen LogP contribution in [0, 0.1) is 0 Å². The van der Waals surface area contributed by atoms with Gasteiger partial charge in [0.15, 0.2) is 11.5 Å². The Balaban J connectivity index is 2.12. The Kier molecular flexibility index (Phi) is 4.11. The van der Waals surface area contributed by atoms with Crippen molar-refractivity contribution in [3.63, 3.8) is 0 Å². The smallest absolute Gasteiger partial charge is 0.254 e. The van der Waals surface area contributed by atoms with Gasteiger partial charge in [-0.05, 0) is 40.2 Å². The maximum absolute atomic E-state index is 12.1. The molecule has 0 bridgehead atoms. The van der Waals surface area contributed by atoms with E-state index in [2.05, 4.69) is 15.9 Å². The van der Waals surface area contributed by atoms with Crippen molar-refractivity contribution in [1.82, 2.24) is 4.90 Å². The Morgan fingerprint density at radius 1 is 1.32 bits per heavy atom. The molecule has 0 saturated carbocycles. The van der Waals surface area contributed by atoms with Gasteiger partial charge in [-0.3, -0.25) is 4.79 Å². The van der Waals surface area contributed by atoms with Crippen LogP contribution >= 0.6 is 27.3 Å². The Bertz CT molecular complexity index is 612. The molecule has 4 nitrogen and oxygen atoms in total. The number of rotatable bonds is 3. The standard InChI is InChI=1S/C13H12BrNO3S/c1-15(6-10-5-9(14)7-19-10)13(18)8-2-3-11(16)12(17)4-8/h2-5,7,16-17H,6H2,1H3. The van der Waals surface area contributed by atoms with E-state index in [1.54, 1.807) is 23.3 Å². The van der Waals surface area contributed by atoms with E-state index in [1.165, 1.54) is 18.2 Å². The molecule has 2 aromatic rings. The quantitative estimate of drug-likeness (QED) is 0.842. The fourth-order valence-corrected chi connectivity index (χ4v) is 3.12. The molecule has 0 radical (unpaired) electrons. The molecule has 1 aromatic carbocycles. The third-order valence-electron chi connectivity index (χ3n) is 2.58. The summed E-state index contributed by atoms with van der Waals surface area (Å²) in [6.45, 7) is 0.497. The maximum atomic E-state index is 12.1. The zero-order chi connectivity index (χ0) is 14.0. The summed E-state index contributed by atoms with van der Waals surface area (Å²) in [6, 6.07) is 6.01. The van der Waals surface area contributed by atoms with Crippen LogP contribution in [0.4, 0.5) is 0 Å². The topological polar surface area (TPSA) is 60.8 Å². The van der Waals surface area contributed by atoms with Crippen molar-refractivity contribution in [2.75, 3.05) is 7.05 Å². The molecule has 100 valence electrons. The first-order valence-electron chi connectivity index (χ1n) is 5.47. The molecule has 0 fully saturated rings. The van der Waals surface area contributed by atoms with Gasteiger partial charge in [-0.1, -0.05) is 0 Å². The third-order valence-corrected chi connectivity index (χ3v) is 4.27. The first kappa shape index (κ1) is 13.9. The van der Waals surface area contributed by atoms with Gasteiger partial charge in [-0.2, -0.15) is 0 Å². The van der Waals surface area contributed by atoms with Crippen molar-refractivity contribution in [3.05, 3.63) is 44.6 Å². The molecular formula is C13H12BrNO3S. The van der Waals surface area contributed by atoms with Crippen molar-refractivity contribution < 1.29 is 15.0 Å². The number of hydrogen-bond acceptors (Lipinski definition) is 4. The summed E-state index contributed by atoms with van der Waals surface area (Å²) in [4.78, 5) is 14.8. The van der Waals surface area contributed by atoms with Gasteiger partial charge in [0.05, 0.1) is 6.54 Å². The third kappa shape index (κ3) is 3.27. The number of benzene rings is 1. The van der Waals surface area contributed by atoms with E-state index in [1.807, 2.05) is 11.4 Å². The van der Waals surface area contributed by atoms with Crippen molar-refractivity contribution >= 4 is 33.2 Å². The molecule has 2 N–H and O–H groups in total. The van der Waals surface area contributed by atoms with Crippen molar-refractivity contribution in [1.29, 1.82) is 0 Å². The molecule has 0 aliphatic rings. The van der Waals surface area contributed by atoms with E-state index >= 15 is 0 Å². The Morgan fingerprint density at radius 2 is 2.05 bits per heavy atom. The lowest BCUT2D eigenvalue weighted by molar-refractivity contribution is 0.0786. The largest absolute Gasteiger partial charge is 0.504 e. The van der Waals surface area contributed by atoms with Crippen LogP contribution in [-0.2, 0) is 6.54 Å². The first-order valence-corrected chi connectivity index (χ1v) is 7.15. The second-order valence-corrected chi connectivity index (χ2v) is 6.01. The highest BCUT2D eigenvalue weighted by atomic mass is 79.9. The molecular weight excluding hydrogens is 330 g/mol. The lowest BCUT2D eigenvalue weighted by Gasteiger charge is -2.16. The molecule has 2 rings (SSSR count). The van der Waals surface area contributed by atoms with Gasteiger partial charge in [-0.25, -0.2) is 0 Å². The average Bonchev–Trinajstić information content (AvgIpc) is 2.77. The Hall–Kier alpha value is -1.53. The van der Waals surface area contributed by atoms with Crippen LogP contribution in [0.5, 0.6) is 11.5 Å². The number of carbonyl (C=O) groups excluding carboxylic acids is 1. The van der Waals surface area contributed by atoms with Crippen molar-refractivity contribution in [3.8, 4) is 11.5 Å².